The highest BCUT2D eigenvalue weighted by Crippen LogP contribution is 2.70. The van der Waals surface area contributed by atoms with Crippen LogP contribution in [0.2, 0.25) is 0 Å². The Bertz CT molecular complexity index is 915. The summed E-state index contributed by atoms with van der Waals surface area (Å²) >= 11 is 0. The summed E-state index contributed by atoms with van der Waals surface area (Å²) in [4.78, 5) is 0. The van der Waals surface area contributed by atoms with E-state index >= 15 is 0 Å². The smallest absolute Gasteiger partial charge is 0.182 e. The Labute approximate surface area is 140 Å². The molecule has 1 aromatic carbocycles. The van der Waals surface area contributed by atoms with Crippen molar-refractivity contribution in [2.45, 2.75) is 0 Å². The number of nitrogens with zero attached hydrogens (tertiary/aromatic N) is 4. The minimum Gasteiger partial charge on any atom is -0.196 e. The first-order valence-electron chi connectivity index (χ1n) is 7.79. The van der Waals surface area contributed by atoms with E-state index in [1.165, 1.54) is 0 Å². The van der Waals surface area contributed by atoms with Crippen LogP contribution in [0.5, 0.6) is 0 Å². The molecule has 0 bridgehead atoms. The molecule has 0 amide bonds. The third-order valence-electron chi connectivity index (χ3n) is 5.92. The first-order chi connectivity index (χ1) is 11.7. The molecule has 0 unspecified atom stereocenters. The lowest BCUT2D eigenvalue weighted by atomic mass is 9.63. The second kappa shape index (κ2) is 4.58. The van der Waals surface area contributed by atoms with Crippen LogP contribution >= 0.6 is 0 Å². The van der Waals surface area contributed by atoms with Gasteiger partial charge < -0.3 is 0 Å². The fourth-order valence-corrected chi connectivity index (χ4v) is 4.89. The van der Waals surface area contributed by atoms with Gasteiger partial charge in [-0.05, 0) is 17.1 Å². The molecule has 4 atom stereocenters. The van der Waals surface area contributed by atoms with E-state index in [4.69, 9.17) is 0 Å². The summed E-state index contributed by atoms with van der Waals surface area (Å²) < 4.78 is 0. The Morgan fingerprint density at radius 1 is 0.750 bits per heavy atom. The minimum atomic E-state index is -1.63. The SMILES string of the molecule is N#CC1(C#N)[C@H]2C=C[C@@H]3C(c4ccccc4)=C[C@@H]([C@@H]32)C1(C#N)C#N. The molecule has 0 aromatic heterocycles. The van der Waals surface area contributed by atoms with Crippen LogP contribution in [0, 0.1) is 79.8 Å². The molecule has 0 N–H and O–H groups in total. The molecule has 1 fully saturated rings. The highest BCUT2D eigenvalue weighted by molar-refractivity contribution is 5.74. The lowest BCUT2D eigenvalue weighted by molar-refractivity contribution is 0.291. The summed E-state index contributed by atoms with van der Waals surface area (Å²) in [6, 6.07) is 18.1. The van der Waals surface area contributed by atoms with Crippen molar-refractivity contribution in [1.82, 2.24) is 0 Å². The predicted molar refractivity (Wildman–Crippen MR) is 84.8 cm³/mol. The summed E-state index contributed by atoms with van der Waals surface area (Å²) in [6.07, 6.45) is 5.88. The average Bonchev–Trinajstić information content (AvgIpc) is 3.28. The monoisotopic (exact) mass is 308 g/mol. The standard InChI is InChI=1S/C20H12N4/c21-9-19(10-22)16-7-6-14-15(13-4-2-1-3-5-13)8-17(18(14)16)20(19,11-23)12-24/h1-8,14,16-18H/t14-,16+,17+,18+/m1/s1. The third kappa shape index (κ3) is 1.31. The Morgan fingerprint density at radius 3 is 1.92 bits per heavy atom. The van der Waals surface area contributed by atoms with Gasteiger partial charge in [0.25, 0.3) is 0 Å². The van der Waals surface area contributed by atoms with E-state index in [0.717, 1.165) is 11.1 Å². The van der Waals surface area contributed by atoms with Crippen molar-refractivity contribution in [3.05, 3.63) is 54.1 Å². The van der Waals surface area contributed by atoms with Crippen molar-refractivity contribution < 1.29 is 0 Å². The van der Waals surface area contributed by atoms with Crippen LogP contribution in [0.1, 0.15) is 5.56 Å². The third-order valence-corrected chi connectivity index (χ3v) is 5.92. The molecule has 0 radical (unpaired) electrons. The van der Waals surface area contributed by atoms with Crippen LogP contribution in [0.3, 0.4) is 0 Å². The fraction of sp³-hybridized carbons (Fsp3) is 0.300. The summed E-state index contributed by atoms with van der Waals surface area (Å²) in [5, 5.41) is 39.1. The highest BCUT2D eigenvalue weighted by Gasteiger charge is 2.74. The van der Waals surface area contributed by atoms with Crippen molar-refractivity contribution in [2.75, 3.05) is 0 Å². The molecule has 112 valence electrons. The van der Waals surface area contributed by atoms with Gasteiger partial charge in [0.2, 0.25) is 0 Å². The van der Waals surface area contributed by atoms with Crippen molar-refractivity contribution in [3.63, 3.8) is 0 Å². The van der Waals surface area contributed by atoms with Gasteiger partial charge >= 0.3 is 0 Å². The zero-order chi connectivity index (χ0) is 16.9. The summed E-state index contributed by atoms with van der Waals surface area (Å²) in [6.45, 7) is 0. The molecular weight excluding hydrogens is 296 g/mol. The quantitative estimate of drug-likeness (QED) is 0.744. The van der Waals surface area contributed by atoms with Crippen LogP contribution in [0.15, 0.2) is 48.6 Å². The van der Waals surface area contributed by atoms with Crippen LogP contribution in [0.25, 0.3) is 5.57 Å². The summed E-state index contributed by atoms with van der Waals surface area (Å²) in [7, 11) is 0. The van der Waals surface area contributed by atoms with Gasteiger partial charge in [0.15, 0.2) is 10.8 Å². The van der Waals surface area contributed by atoms with Gasteiger partial charge in [-0.25, -0.2) is 0 Å². The van der Waals surface area contributed by atoms with Crippen molar-refractivity contribution >= 4 is 5.57 Å². The molecule has 1 aromatic rings. The first-order valence-corrected chi connectivity index (χ1v) is 7.79. The second-order valence-electron chi connectivity index (χ2n) is 6.59. The zero-order valence-electron chi connectivity index (χ0n) is 12.7. The summed E-state index contributed by atoms with van der Waals surface area (Å²) in [5.41, 5.74) is -1.10. The van der Waals surface area contributed by atoms with E-state index < -0.39 is 16.7 Å². The van der Waals surface area contributed by atoms with Gasteiger partial charge in [-0.1, -0.05) is 48.6 Å². The molecule has 0 aliphatic heterocycles. The zero-order valence-corrected chi connectivity index (χ0v) is 12.7. The van der Waals surface area contributed by atoms with E-state index in [2.05, 4.69) is 12.1 Å². The average molecular weight is 308 g/mol. The van der Waals surface area contributed by atoms with Crippen LogP contribution in [-0.2, 0) is 0 Å². The number of hydrogen-bond acceptors (Lipinski definition) is 4. The molecule has 24 heavy (non-hydrogen) atoms. The molecule has 0 heterocycles. The van der Waals surface area contributed by atoms with Gasteiger partial charge in [-0.2, -0.15) is 21.0 Å². The largest absolute Gasteiger partial charge is 0.196 e. The Morgan fingerprint density at radius 2 is 1.33 bits per heavy atom. The minimum absolute atomic E-state index is 0.0482. The van der Waals surface area contributed by atoms with E-state index in [1.807, 2.05) is 60.7 Å². The number of rotatable bonds is 1. The van der Waals surface area contributed by atoms with E-state index in [-0.39, 0.29) is 17.8 Å². The highest BCUT2D eigenvalue weighted by atomic mass is 14.7. The van der Waals surface area contributed by atoms with Crippen LogP contribution in [-0.4, -0.2) is 0 Å². The van der Waals surface area contributed by atoms with Crippen molar-refractivity contribution in [3.8, 4) is 24.3 Å². The number of hydrogen-bond donors (Lipinski definition) is 0. The molecule has 0 saturated heterocycles. The van der Waals surface area contributed by atoms with Crippen LogP contribution < -0.4 is 0 Å². The van der Waals surface area contributed by atoms with E-state index in [9.17, 15) is 21.0 Å². The Kier molecular flexibility index (Phi) is 2.72. The topological polar surface area (TPSA) is 95.2 Å². The molecule has 1 saturated carbocycles. The van der Waals surface area contributed by atoms with Crippen molar-refractivity contribution in [2.24, 2.45) is 34.5 Å². The van der Waals surface area contributed by atoms with Gasteiger partial charge in [0, 0.05) is 17.8 Å². The maximum atomic E-state index is 9.82. The fourth-order valence-electron chi connectivity index (χ4n) is 4.89. The maximum absolute atomic E-state index is 9.82. The van der Waals surface area contributed by atoms with Gasteiger partial charge in [-0.15, -0.1) is 0 Å². The van der Waals surface area contributed by atoms with Gasteiger partial charge in [0.05, 0.1) is 24.3 Å². The van der Waals surface area contributed by atoms with E-state index in [1.54, 1.807) is 0 Å². The predicted octanol–water partition coefficient (Wildman–Crippen LogP) is 3.20. The van der Waals surface area contributed by atoms with E-state index in [0.29, 0.717) is 0 Å². The first kappa shape index (κ1) is 14.3. The number of nitriles is 4. The second-order valence-corrected chi connectivity index (χ2v) is 6.59. The molecule has 4 nitrogen and oxygen atoms in total. The molecule has 4 rings (SSSR count). The molecular formula is C20H12N4. The number of allylic oxidation sites excluding steroid dienone is 4. The Hall–Kier alpha value is -3.34. The number of benzene rings is 1. The van der Waals surface area contributed by atoms with Gasteiger partial charge in [-0.3, -0.25) is 0 Å². The van der Waals surface area contributed by atoms with Gasteiger partial charge in [0.1, 0.15) is 0 Å². The lowest BCUT2D eigenvalue weighted by Gasteiger charge is -2.28. The Balaban J connectivity index is 1.96. The maximum Gasteiger partial charge on any atom is 0.182 e. The normalized spacial score (nSPS) is 32.8. The molecule has 4 heteroatoms. The molecule has 3 aliphatic carbocycles. The van der Waals surface area contributed by atoms with Crippen LogP contribution in [0.4, 0.5) is 0 Å². The summed E-state index contributed by atoms with van der Waals surface area (Å²) in [5.74, 6) is -0.822. The molecule has 0 spiro atoms. The van der Waals surface area contributed by atoms with Crippen molar-refractivity contribution in [1.29, 1.82) is 21.0 Å². The molecule has 3 aliphatic rings. The lowest BCUT2D eigenvalue weighted by Crippen LogP contribution is -2.39.